The predicted octanol–water partition coefficient (Wildman–Crippen LogP) is 5.39. The second kappa shape index (κ2) is 8.88. The zero-order valence-electron chi connectivity index (χ0n) is 15.0. The number of esters is 1. The average Bonchev–Trinajstić information content (AvgIpc) is 2.92. The van der Waals surface area contributed by atoms with Gasteiger partial charge >= 0.3 is 5.97 Å². The largest absolute Gasteiger partial charge is 0.462 e. The van der Waals surface area contributed by atoms with E-state index in [9.17, 15) is 4.79 Å². The fourth-order valence-electron chi connectivity index (χ4n) is 5.17. The molecule has 0 atom stereocenters. The number of rotatable bonds is 3. The van der Waals surface area contributed by atoms with Crippen LogP contribution in [0.5, 0.6) is 0 Å². The molecule has 3 rings (SSSR count). The van der Waals surface area contributed by atoms with Gasteiger partial charge in [-0.2, -0.15) is 5.26 Å². The lowest BCUT2D eigenvalue weighted by Gasteiger charge is -2.36. The molecule has 3 aliphatic rings. The van der Waals surface area contributed by atoms with E-state index in [1.54, 1.807) is 0 Å². The van der Waals surface area contributed by atoms with E-state index >= 15 is 0 Å². The number of hydrogen-bond donors (Lipinski definition) is 0. The number of carbonyl (C=O) groups is 1. The molecule has 0 radical (unpaired) electrons. The molecule has 0 saturated heterocycles. The third-order valence-corrected chi connectivity index (χ3v) is 6.81. The normalized spacial score (nSPS) is 35.6. The van der Waals surface area contributed by atoms with Crippen molar-refractivity contribution in [1.82, 2.24) is 0 Å². The Bertz CT molecular complexity index is 431. The maximum atomic E-state index is 12.4. The summed E-state index contributed by atoms with van der Waals surface area (Å²) in [7, 11) is 0. The highest BCUT2D eigenvalue weighted by Gasteiger charge is 2.33. The summed E-state index contributed by atoms with van der Waals surface area (Å²) in [5.74, 6) is 2.19. The molecule has 0 aromatic heterocycles. The molecule has 0 aromatic rings. The lowest BCUT2D eigenvalue weighted by Crippen LogP contribution is -2.31. The molecule has 134 valence electrons. The molecule has 0 aliphatic heterocycles. The Labute approximate surface area is 147 Å². The Hall–Kier alpha value is -1.04. The van der Waals surface area contributed by atoms with Crippen LogP contribution in [-0.4, -0.2) is 12.1 Å². The van der Waals surface area contributed by atoms with Gasteiger partial charge in [-0.05, 0) is 76.0 Å². The molecule has 0 spiro atoms. The molecule has 0 heterocycles. The van der Waals surface area contributed by atoms with Crippen LogP contribution in [-0.2, 0) is 9.53 Å². The standard InChI is InChI=1S/C21H33NO2/c22-15-16-7-9-17(10-8-16)18-11-13-20(14-12-18)24-21(23)19-5-3-1-2-4-6-19/h16-20H,1-14H2. The second-order valence-corrected chi connectivity index (χ2v) is 8.40. The first-order valence-electron chi connectivity index (χ1n) is 10.4. The maximum absolute atomic E-state index is 12.4. The summed E-state index contributed by atoms with van der Waals surface area (Å²) in [4.78, 5) is 12.4. The van der Waals surface area contributed by atoms with Gasteiger partial charge in [-0.25, -0.2) is 0 Å². The number of carbonyl (C=O) groups excluding carboxylic acids is 1. The highest BCUT2D eigenvalue weighted by molar-refractivity contribution is 5.72. The summed E-state index contributed by atoms with van der Waals surface area (Å²) < 4.78 is 5.87. The molecule has 3 fully saturated rings. The SMILES string of the molecule is N#CC1CCC(C2CCC(OC(=O)C3CCCCCC3)CC2)CC1. The zero-order chi connectivity index (χ0) is 16.8. The van der Waals surface area contributed by atoms with Crippen molar-refractivity contribution in [2.45, 2.75) is 96.0 Å². The molecule has 3 aliphatic carbocycles. The van der Waals surface area contributed by atoms with Gasteiger partial charge in [0.25, 0.3) is 0 Å². The van der Waals surface area contributed by atoms with Crippen LogP contribution in [0.4, 0.5) is 0 Å². The molecule has 0 N–H and O–H groups in total. The van der Waals surface area contributed by atoms with Crippen LogP contribution in [0.15, 0.2) is 0 Å². The van der Waals surface area contributed by atoms with Crippen molar-refractivity contribution in [3.8, 4) is 6.07 Å². The van der Waals surface area contributed by atoms with Gasteiger partial charge in [-0.1, -0.05) is 25.7 Å². The van der Waals surface area contributed by atoms with Crippen LogP contribution in [0.3, 0.4) is 0 Å². The fraction of sp³-hybridized carbons (Fsp3) is 0.905. The van der Waals surface area contributed by atoms with Gasteiger partial charge in [-0.15, -0.1) is 0 Å². The van der Waals surface area contributed by atoms with Crippen LogP contribution in [0.2, 0.25) is 0 Å². The highest BCUT2D eigenvalue weighted by atomic mass is 16.5. The van der Waals surface area contributed by atoms with Gasteiger partial charge in [0.2, 0.25) is 0 Å². The smallest absolute Gasteiger partial charge is 0.309 e. The third kappa shape index (κ3) is 4.74. The number of nitrogens with zero attached hydrogens (tertiary/aromatic N) is 1. The lowest BCUT2D eigenvalue weighted by atomic mass is 9.71. The van der Waals surface area contributed by atoms with Crippen LogP contribution < -0.4 is 0 Å². The lowest BCUT2D eigenvalue weighted by molar-refractivity contribution is -0.156. The summed E-state index contributed by atoms with van der Waals surface area (Å²) in [5, 5.41) is 9.03. The Morgan fingerprint density at radius 3 is 1.83 bits per heavy atom. The minimum Gasteiger partial charge on any atom is -0.462 e. The summed E-state index contributed by atoms with van der Waals surface area (Å²) in [6, 6.07) is 2.43. The number of ether oxygens (including phenoxy) is 1. The topological polar surface area (TPSA) is 50.1 Å². The molecule has 3 nitrogen and oxygen atoms in total. The van der Waals surface area contributed by atoms with E-state index in [1.165, 1.54) is 51.4 Å². The van der Waals surface area contributed by atoms with E-state index in [1.807, 2.05) is 0 Å². The summed E-state index contributed by atoms with van der Waals surface area (Å²) >= 11 is 0. The molecule has 24 heavy (non-hydrogen) atoms. The summed E-state index contributed by atoms with van der Waals surface area (Å²) in [6.45, 7) is 0. The van der Waals surface area contributed by atoms with Crippen LogP contribution in [0, 0.1) is 35.0 Å². The predicted molar refractivity (Wildman–Crippen MR) is 94.1 cm³/mol. The van der Waals surface area contributed by atoms with Gasteiger partial charge < -0.3 is 4.74 Å². The second-order valence-electron chi connectivity index (χ2n) is 8.40. The summed E-state index contributed by atoms with van der Waals surface area (Å²) in [6.07, 6.45) is 16.4. The molecule has 3 saturated carbocycles. The number of hydrogen-bond acceptors (Lipinski definition) is 3. The average molecular weight is 332 g/mol. The first-order valence-corrected chi connectivity index (χ1v) is 10.4. The molecular weight excluding hydrogens is 298 g/mol. The van der Waals surface area contributed by atoms with Crippen molar-refractivity contribution in [3.05, 3.63) is 0 Å². The molecule has 0 unspecified atom stereocenters. The van der Waals surface area contributed by atoms with E-state index in [0.29, 0.717) is 5.92 Å². The van der Waals surface area contributed by atoms with Gasteiger partial charge in [0.1, 0.15) is 6.10 Å². The van der Waals surface area contributed by atoms with Gasteiger partial charge in [0, 0.05) is 5.92 Å². The number of nitriles is 1. The molecular formula is C21H33NO2. The molecule has 0 bridgehead atoms. The Balaban J connectivity index is 1.39. The minimum atomic E-state index is 0.0925. The van der Waals surface area contributed by atoms with Crippen molar-refractivity contribution in [2.24, 2.45) is 23.7 Å². The van der Waals surface area contributed by atoms with Crippen LogP contribution in [0.25, 0.3) is 0 Å². The van der Waals surface area contributed by atoms with Crippen molar-refractivity contribution < 1.29 is 9.53 Å². The van der Waals surface area contributed by atoms with Crippen molar-refractivity contribution in [2.75, 3.05) is 0 Å². The third-order valence-electron chi connectivity index (χ3n) is 6.81. The Morgan fingerprint density at radius 2 is 1.29 bits per heavy atom. The van der Waals surface area contributed by atoms with E-state index in [4.69, 9.17) is 10.00 Å². The molecule has 0 amide bonds. The van der Waals surface area contributed by atoms with Crippen molar-refractivity contribution >= 4 is 5.97 Å². The quantitative estimate of drug-likeness (QED) is 0.514. The van der Waals surface area contributed by atoms with Crippen LogP contribution >= 0.6 is 0 Å². The highest BCUT2D eigenvalue weighted by Crippen LogP contribution is 2.40. The van der Waals surface area contributed by atoms with Gasteiger partial charge in [0.05, 0.1) is 12.0 Å². The Morgan fingerprint density at radius 1 is 0.750 bits per heavy atom. The van der Waals surface area contributed by atoms with E-state index in [0.717, 1.165) is 50.4 Å². The Kier molecular flexibility index (Phi) is 6.58. The van der Waals surface area contributed by atoms with E-state index < -0.39 is 0 Å². The minimum absolute atomic E-state index is 0.0925. The maximum Gasteiger partial charge on any atom is 0.309 e. The molecule has 0 aromatic carbocycles. The van der Waals surface area contributed by atoms with Gasteiger partial charge in [-0.3, -0.25) is 4.79 Å². The van der Waals surface area contributed by atoms with E-state index in [-0.39, 0.29) is 18.0 Å². The van der Waals surface area contributed by atoms with Crippen LogP contribution in [0.1, 0.15) is 89.9 Å². The monoisotopic (exact) mass is 331 g/mol. The van der Waals surface area contributed by atoms with Crippen molar-refractivity contribution in [3.63, 3.8) is 0 Å². The van der Waals surface area contributed by atoms with Crippen molar-refractivity contribution in [1.29, 1.82) is 5.26 Å². The fourth-order valence-corrected chi connectivity index (χ4v) is 5.17. The first kappa shape index (κ1) is 17.8. The molecule has 3 heteroatoms. The van der Waals surface area contributed by atoms with Gasteiger partial charge in [0.15, 0.2) is 0 Å². The zero-order valence-corrected chi connectivity index (χ0v) is 15.0. The first-order chi connectivity index (χ1) is 11.8. The summed E-state index contributed by atoms with van der Waals surface area (Å²) in [5.41, 5.74) is 0. The van der Waals surface area contributed by atoms with E-state index in [2.05, 4.69) is 6.07 Å².